The first-order valence-electron chi connectivity index (χ1n) is 4.74. The Balaban J connectivity index is 3.21. The third-order valence-electron chi connectivity index (χ3n) is 2.40. The lowest BCUT2D eigenvalue weighted by molar-refractivity contribution is -0.117. The van der Waals surface area contributed by atoms with Gasteiger partial charge >= 0.3 is 0 Å². The van der Waals surface area contributed by atoms with E-state index in [1.54, 1.807) is 0 Å². The van der Waals surface area contributed by atoms with Crippen LogP contribution in [0.25, 0.3) is 0 Å². The van der Waals surface area contributed by atoms with Gasteiger partial charge in [0.25, 0.3) is 0 Å². The summed E-state index contributed by atoms with van der Waals surface area (Å²) in [4.78, 5) is 11.8. The molecule has 1 rings (SSSR count). The fraction of sp³-hybridized carbons (Fsp3) is 0.583. The van der Waals surface area contributed by atoms with Crippen molar-refractivity contribution in [1.29, 1.82) is 0 Å². The highest BCUT2D eigenvalue weighted by atomic mass is 16.1. The Labute approximate surface area is 80.5 Å². The number of carbonyl (C=O) groups excluding carboxylic acids is 1. The fourth-order valence-electron chi connectivity index (χ4n) is 2.10. The molecule has 72 valence electrons. The van der Waals surface area contributed by atoms with Crippen LogP contribution in [0.4, 0.5) is 0 Å². The highest BCUT2D eigenvalue weighted by Crippen LogP contribution is 2.34. The Morgan fingerprint density at radius 1 is 1.38 bits per heavy atom. The van der Waals surface area contributed by atoms with Gasteiger partial charge in [0, 0.05) is 12.0 Å². The molecule has 0 heterocycles. The molecule has 0 bridgehead atoms. The summed E-state index contributed by atoms with van der Waals surface area (Å²) in [7, 11) is 0. The Bertz CT molecular complexity index is 299. The van der Waals surface area contributed by atoms with Crippen molar-refractivity contribution in [3.63, 3.8) is 0 Å². The average Bonchev–Trinajstić information content (AvgIpc) is 1.78. The van der Waals surface area contributed by atoms with E-state index in [1.165, 1.54) is 0 Å². The first-order chi connectivity index (χ1) is 5.83. The van der Waals surface area contributed by atoms with Gasteiger partial charge in [0.05, 0.1) is 0 Å². The molecular formula is C12H18O. The average molecular weight is 178 g/mol. The van der Waals surface area contributed by atoms with Gasteiger partial charge in [-0.1, -0.05) is 25.5 Å². The number of hydrogen-bond acceptors (Lipinski definition) is 1. The maximum atomic E-state index is 11.8. The SMILES string of the molecule is CC1=CC(C)(C)CC(=O)C1=C(C)C. The van der Waals surface area contributed by atoms with Crippen LogP contribution in [0.15, 0.2) is 22.8 Å². The molecule has 0 radical (unpaired) electrons. The van der Waals surface area contributed by atoms with Gasteiger partial charge in [0.15, 0.2) is 5.78 Å². The van der Waals surface area contributed by atoms with Crippen LogP contribution in [0.3, 0.4) is 0 Å². The largest absolute Gasteiger partial charge is 0.294 e. The van der Waals surface area contributed by atoms with Crippen LogP contribution < -0.4 is 0 Å². The number of ketones is 1. The molecule has 0 saturated heterocycles. The minimum absolute atomic E-state index is 0.0418. The van der Waals surface area contributed by atoms with Crippen molar-refractivity contribution < 1.29 is 4.79 Å². The number of carbonyl (C=O) groups is 1. The van der Waals surface area contributed by atoms with Crippen LogP contribution in [-0.4, -0.2) is 5.78 Å². The molecule has 0 aromatic carbocycles. The van der Waals surface area contributed by atoms with Gasteiger partial charge in [-0.25, -0.2) is 0 Å². The van der Waals surface area contributed by atoms with E-state index in [2.05, 4.69) is 19.9 Å². The van der Waals surface area contributed by atoms with Gasteiger partial charge in [-0.15, -0.1) is 0 Å². The minimum Gasteiger partial charge on any atom is -0.294 e. The summed E-state index contributed by atoms with van der Waals surface area (Å²) >= 11 is 0. The van der Waals surface area contributed by atoms with Gasteiger partial charge in [-0.05, 0) is 31.8 Å². The monoisotopic (exact) mass is 178 g/mol. The minimum atomic E-state index is 0.0418. The van der Waals surface area contributed by atoms with Crippen LogP contribution in [0.2, 0.25) is 0 Å². The second kappa shape index (κ2) is 3.13. The van der Waals surface area contributed by atoms with Gasteiger partial charge in [-0.2, -0.15) is 0 Å². The molecule has 1 aliphatic carbocycles. The fourth-order valence-corrected chi connectivity index (χ4v) is 2.10. The summed E-state index contributed by atoms with van der Waals surface area (Å²) in [5.41, 5.74) is 3.26. The Kier molecular flexibility index (Phi) is 2.47. The molecule has 0 aromatic rings. The van der Waals surface area contributed by atoms with Crippen molar-refractivity contribution in [2.24, 2.45) is 5.41 Å². The Morgan fingerprint density at radius 2 is 1.92 bits per heavy atom. The Morgan fingerprint density at radius 3 is 2.31 bits per heavy atom. The second-order valence-corrected chi connectivity index (χ2v) is 4.79. The van der Waals surface area contributed by atoms with E-state index < -0.39 is 0 Å². The predicted molar refractivity (Wildman–Crippen MR) is 55.5 cm³/mol. The quantitative estimate of drug-likeness (QED) is 0.520. The lowest BCUT2D eigenvalue weighted by Gasteiger charge is -2.27. The Hall–Kier alpha value is -0.850. The van der Waals surface area contributed by atoms with Crippen molar-refractivity contribution in [2.45, 2.75) is 41.0 Å². The van der Waals surface area contributed by atoms with Crippen LogP contribution in [-0.2, 0) is 4.79 Å². The topological polar surface area (TPSA) is 17.1 Å². The summed E-state index contributed by atoms with van der Waals surface area (Å²) < 4.78 is 0. The van der Waals surface area contributed by atoms with Crippen LogP contribution in [0.1, 0.15) is 41.0 Å². The van der Waals surface area contributed by atoms with Crippen molar-refractivity contribution in [2.75, 3.05) is 0 Å². The van der Waals surface area contributed by atoms with Crippen molar-refractivity contribution in [3.05, 3.63) is 22.8 Å². The normalized spacial score (nSPS) is 21.5. The summed E-state index contributed by atoms with van der Waals surface area (Å²) in [5.74, 6) is 0.296. The van der Waals surface area contributed by atoms with E-state index in [4.69, 9.17) is 0 Å². The van der Waals surface area contributed by atoms with Gasteiger partial charge in [-0.3, -0.25) is 4.79 Å². The molecule has 1 aliphatic rings. The molecule has 0 aromatic heterocycles. The van der Waals surface area contributed by atoms with Gasteiger partial charge < -0.3 is 0 Å². The van der Waals surface area contributed by atoms with E-state index in [0.717, 1.165) is 16.7 Å². The lowest BCUT2D eigenvalue weighted by atomic mass is 9.76. The van der Waals surface area contributed by atoms with Crippen molar-refractivity contribution in [3.8, 4) is 0 Å². The molecular weight excluding hydrogens is 160 g/mol. The number of allylic oxidation sites excluding steroid dienone is 4. The van der Waals surface area contributed by atoms with Crippen LogP contribution in [0, 0.1) is 5.41 Å². The number of rotatable bonds is 0. The number of Topliss-reactive ketones (excluding diaryl/α,β-unsaturated/α-hetero) is 1. The van der Waals surface area contributed by atoms with Gasteiger partial charge in [0.1, 0.15) is 0 Å². The van der Waals surface area contributed by atoms with E-state index in [0.29, 0.717) is 12.2 Å². The maximum absolute atomic E-state index is 11.8. The zero-order valence-corrected chi connectivity index (χ0v) is 9.19. The molecule has 0 amide bonds. The molecule has 0 saturated carbocycles. The predicted octanol–water partition coefficient (Wildman–Crippen LogP) is 3.27. The van der Waals surface area contributed by atoms with E-state index in [1.807, 2.05) is 20.8 Å². The molecule has 0 aliphatic heterocycles. The molecule has 0 unspecified atom stereocenters. The summed E-state index contributed by atoms with van der Waals surface area (Å²) in [6, 6.07) is 0. The van der Waals surface area contributed by atoms with E-state index in [9.17, 15) is 4.79 Å². The molecule has 1 heteroatoms. The molecule has 13 heavy (non-hydrogen) atoms. The molecule has 0 fully saturated rings. The molecule has 1 nitrogen and oxygen atoms in total. The maximum Gasteiger partial charge on any atom is 0.163 e. The summed E-state index contributed by atoms with van der Waals surface area (Å²) in [6.07, 6.45) is 2.85. The van der Waals surface area contributed by atoms with Gasteiger partial charge in [0.2, 0.25) is 0 Å². The van der Waals surface area contributed by atoms with Crippen LogP contribution >= 0.6 is 0 Å². The molecule has 0 N–H and O–H groups in total. The second-order valence-electron chi connectivity index (χ2n) is 4.79. The molecule has 0 atom stereocenters. The zero-order valence-electron chi connectivity index (χ0n) is 9.19. The zero-order chi connectivity index (χ0) is 10.2. The van der Waals surface area contributed by atoms with E-state index >= 15 is 0 Å². The summed E-state index contributed by atoms with van der Waals surface area (Å²) in [5, 5.41) is 0. The number of hydrogen-bond donors (Lipinski definition) is 0. The van der Waals surface area contributed by atoms with Crippen LogP contribution in [0.5, 0.6) is 0 Å². The third-order valence-corrected chi connectivity index (χ3v) is 2.40. The first-order valence-corrected chi connectivity index (χ1v) is 4.74. The summed E-state index contributed by atoms with van der Waals surface area (Å²) in [6.45, 7) is 10.2. The van der Waals surface area contributed by atoms with Crippen molar-refractivity contribution >= 4 is 5.78 Å². The highest BCUT2D eigenvalue weighted by Gasteiger charge is 2.28. The smallest absolute Gasteiger partial charge is 0.163 e. The standard InChI is InChI=1S/C12H18O/c1-8(2)11-9(3)6-12(4,5)7-10(11)13/h6H,7H2,1-5H3. The van der Waals surface area contributed by atoms with E-state index in [-0.39, 0.29) is 5.41 Å². The molecule has 0 spiro atoms. The first kappa shape index (κ1) is 10.2. The lowest BCUT2D eigenvalue weighted by Crippen LogP contribution is -2.22. The van der Waals surface area contributed by atoms with Crippen molar-refractivity contribution in [1.82, 2.24) is 0 Å². The highest BCUT2D eigenvalue weighted by molar-refractivity contribution is 6.01. The third kappa shape index (κ3) is 2.09.